The van der Waals surface area contributed by atoms with Crippen LogP contribution in [0.1, 0.15) is 27.9 Å². The van der Waals surface area contributed by atoms with Gasteiger partial charge in [-0.2, -0.15) is 0 Å². The Bertz CT molecular complexity index is 1270. The molecule has 1 aromatic carbocycles. The van der Waals surface area contributed by atoms with Crippen molar-refractivity contribution in [3.05, 3.63) is 45.4 Å². The minimum Gasteiger partial charge on any atom is -0.510 e. The van der Waals surface area contributed by atoms with Gasteiger partial charge in [0.1, 0.15) is 22.8 Å². The monoisotopic (exact) mass is 514 g/mol. The van der Waals surface area contributed by atoms with E-state index in [-0.39, 0.29) is 42.9 Å². The Balaban J connectivity index is 1.97. The Morgan fingerprint density at radius 2 is 1.86 bits per heavy atom. The van der Waals surface area contributed by atoms with Crippen LogP contribution in [0.2, 0.25) is 0 Å². The fourth-order valence-corrected chi connectivity index (χ4v) is 6.12. The first-order valence-corrected chi connectivity index (χ1v) is 12.0. The Morgan fingerprint density at radius 3 is 2.41 bits per heavy atom. The maximum absolute atomic E-state index is 13.9. The Morgan fingerprint density at radius 1 is 1.22 bits per heavy atom. The van der Waals surface area contributed by atoms with Gasteiger partial charge in [-0.1, -0.05) is 0 Å². The minimum atomic E-state index is -2.44. The van der Waals surface area contributed by atoms with E-state index >= 15 is 0 Å². The van der Waals surface area contributed by atoms with Crippen LogP contribution in [-0.2, 0) is 17.8 Å². The molecule has 4 atom stereocenters. The number of rotatable bonds is 5. The Kier molecular flexibility index (Phi) is 6.57. The number of carbonyl (C=O) groups excluding carboxylic acids is 2. The lowest BCUT2D eigenvalue weighted by atomic mass is 9.58. The van der Waals surface area contributed by atoms with Crippen LogP contribution in [0.15, 0.2) is 28.7 Å². The number of nitrogens with two attached hydrogens (primary N) is 2. The summed E-state index contributed by atoms with van der Waals surface area (Å²) in [5.74, 6) is -4.55. The molecule has 12 nitrogen and oxygen atoms in total. The van der Waals surface area contributed by atoms with Gasteiger partial charge in [0.25, 0.3) is 5.91 Å². The molecule has 0 fully saturated rings. The van der Waals surface area contributed by atoms with Gasteiger partial charge < -0.3 is 47.5 Å². The zero-order valence-corrected chi connectivity index (χ0v) is 21.3. The average molecular weight is 515 g/mol. The number of hydrogen-bond acceptors (Lipinski definition) is 11. The highest BCUT2D eigenvalue weighted by Gasteiger charge is 2.61. The van der Waals surface area contributed by atoms with Crippen LogP contribution in [0, 0.1) is 17.2 Å². The molecule has 0 spiro atoms. The lowest BCUT2D eigenvalue weighted by molar-refractivity contribution is -0.117. The van der Waals surface area contributed by atoms with Crippen molar-refractivity contribution in [2.45, 2.75) is 31.0 Å². The number of aromatic hydroxyl groups is 1. The molecule has 0 aliphatic heterocycles. The van der Waals surface area contributed by atoms with Gasteiger partial charge in [-0.05, 0) is 44.5 Å². The van der Waals surface area contributed by atoms with Crippen LogP contribution in [-0.4, -0.2) is 89.2 Å². The summed E-state index contributed by atoms with van der Waals surface area (Å²) in [7, 11) is 6.90. The summed E-state index contributed by atoms with van der Waals surface area (Å²) in [4.78, 5) is 30.0. The number of phenolic OH excluding ortho intramolecular Hbond substituents is 1. The molecule has 0 aromatic heterocycles. The first kappa shape index (κ1) is 26.6. The normalized spacial score (nSPS) is 27.2. The summed E-state index contributed by atoms with van der Waals surface area (Å²) in [5, 5.41) is 56.5. The molecule has 37 heavy (non-hydrogen) atoms. The fourth-order valence-electron chi connectivity index (χ4n) is 6.12. The zero-order chi connectivity index (χ0) is 27.6. The van der Waals surface area contributed by atoms with E-state index in [1.54, 1.807) is 39.2 Å². The van der Waals surface area contributed by atoms with E-state index < -0.39 is 58.0 Å². The van der Waals surface area contributed by atoms with Gasteiger partial charge >= 0.3 is 0 Å². The number of fused-ring (bicyclic) bond motifs is 3. The molecule has 1 aromatic rings. The third kappa shape index (κ3) is 3.62. The standard InChI is InChI=1S/C25H34N6O6/c1-30(2)14-7-11(8-26)19(32)16-12(14)5-10-6-13-18(31(3)4)21(34)17(24(36)29-9-27)22(28)25(13,37)23(35)15(10)20(16)33/h7,10,13,18,28,32,34-35,37H,5-6,8-9,26-27H2,1-4H3,(H,29,36)/t10-,13-,18-,25+/m0/s1. The molecular formula is C25H34N6O6. The highest BCUT2D eigenvalue weighted by Crippen LogP contribution is 2.53. The van der Waals surface area contributed by atoms with E-state index in [4.69, 9.17) is 16.9 Å². The molecule has 3 aliphatic carbocycles. The van der Waals surface area contributed by atoms with Crippen molar-refractivity contribution in [3.8, 4) is 5.75 Å². The highest BCUT2D eigenvalue weighted by atomic mass is 16.3. The van der Waals surface area contributed by atoms with Gasteiger partial charge in [-0.25, -0.2) is 0 Å². The smallest absolute Gasteiger partial charge is 0.257 e. The zero-order valence-electron chi connectivity index (χ0n) is 21.3. The molecule has 12 heteroatoms. The van der Waals surface area contributed by atoms with Crippen LogP contribution in [0.4, 0.5) is 5.69 Å². The minimum absolute atomic E-state index is 0.00233. The van der Waals surface area contributed by atoms with Crippen LogP contribution in [0.25, 0.3) is 0 Å². The maximum Gasteiger partial charge on any atom is 0.257 e. The van der Waals surface area contributed by atoms with Gasteiger partial charge in [0, 0.05) is 43.4 Å². The number of benzene rings is 1. The molecule has 0 radical (unpaired) electrons. The second kappa shape index (κ2) is 9.14. The summed E-state index contributed by atoms with van der Waals surface area (Å²) in [6, 6.07) is 0.782. The molecule has 1 amide bonds. The van der Waals surface area contributed by atoms with E-state index in [9.17, 15) is 30.0 Å². The van der Waals surface area contributed by atoms with Gasteiger partial charge in [0.2, 0.25) is 0 Å². The van der Waals surface area contributed by atoms with E-state index in [0.29, 0.717) is 16.8 Å². The Hall–Kier alpha value is -3.45. The fraction of sp³-hybridized carbons (Fsp3) is 0.480. The maximum atomic E-state index is 13.9. The molecule has 0 saturated carbocycles. The lowest BCUT2D eigenvalue weighted by Gasteiger charge is -2.51. The van der Waals surface area contributed by atoms with E-state index in [2.05, 4.69) is 5.32 Å². The number of ketones is 1. The average Bonchev–Trinajstić information content (AvgIpc) is 2.81. The number of Topliss-reactive ketones (excluding diaryl/α,β-unsaturated/α-hetero) is 1. The van der Waals surface area contributed by atoms with Crippen LogP contribution in [0.3, 0.4) is 0 Å². The van der Waals surface area contributed by atoms with Crippen molar-refractivity contribution in [1.29, 1.82) is 5.41 Å². The third-order valence-electron chi connectivity index (χ3n) is 7.78. The van der Waals surface area contributed by atoms with Gasteiger partial charge in [0.15, 0.2) is 11.4 Å². The summed E-state index contributed by atoms with van der Waals surface area (Å²) in [5.41, 5.74) is 9.07. The van der Waals surface area contributed by atoms with Crippen molar-refractivity contribution < 1.29 is 30.0 Å². The van der Waals surface area contributed by atoms with Gasteiger partial charge in [-0.15, -0.1) is 0 Å². The van der Waals surface area contributed by atoms with Gasteiger partial charge in [0.05, 0.1) is 24.0 Å². The van der Waals surface area contributed by atoms with Gasteiger partial charge in [-0.3, -0.25) is 14.5 Å². The van der Waals surface area contributed by atoms with Crippen molar-refractivity contribution in [2.24, 2.45) is 23.3 Å². The van der Waals surface area contributed by atoms with Crippen molar-refractivity contribution >= 4 is 23.1 Å². The largest absolute Gasteiger partial charge is 0.510 e. The quantitative estimate of drug-likeness (QED) is 0.239. The second-order valence-electron chi connectivity index (χ2n) is 10.2. The first-order chi connectivity index (χ1) is 17.3. The molecule has 0 unspecified atom stereocenters. The summed E-state index contributed by atoms with van der Waals surface area (Å²) < 4.78 is 0. The van der Waals surface area contributed by atoms with Crippen molar-refractivity contribution in [3.63, 3.8) is 0 Å². The number of hydrogen-bond donors (Lipinski definition) is 8. The molecule has 3 aliphatic rings. The summed E-state index contributed by atoms with van der Waals surface area (Å²) in [6.07, 6.45) is 0.381. The number of likely N-dealkylation sites (N-methyl/N-ethyl adjacent to an activating group) is 1. The third-order valence-corrected chi connectivity index (χ3v) is 7.78. The number of allylic oxidation sites excluding steroid dienone is 1. The van der Waals surface area contributed by atoms with Crippen LogP contribution >= 0.6 is 0 Å². The Labute approximate surface area is 214 Å². The summed E-state index contributed by atoms with van der Waals surface area (Å²) in [6.45, 7) is -0.300. The topological polar surface area (TPSA) is 209 Å². The van der Waals surface area contributed by atoms with E-state index in [0.717, 1.165) is 0 Å². The first-order valence-electron chi connectivity index (χ1n) is 12.0. The second-order valence-corrected chi connectivity index (χ2v) is 10.2. The number of aliphatic hydroxyl groups excluding tert-OH is 2. The number of aliphatic hydroxyl groups is 3. The number of carbonyl (C=O) groups is 2. The number of nitrogens with one attached hydrogen (secondary N) is 2. The predicted octanol–water partition coefficient (Wildman–Crippen LogP) is -0.357. The molecular weight excluding hydrogens is 480 g/mol. The highest BCUT2D eigenvalue weighted by molar-refractivity contribution is 6.26. The molecule has 0 bridgehead atoms. The number of nitrogens with zero attached hydrogens (tertiary/aromatic N) is 2. The number of phenols is 1. The molecule has 0 heterocycles. The SMILES string of the molecule is CN(C)c1cc(CN)c(O)c2c1C[C@H]1C[C@H]3[C@H](N(C)C)C(O)=C(C(=O)NCN)C(=N)[C@@]3(O)C(O)=C1C2=O. The van der Waals surface area contributed by atoms with Crippen LogP contribution < -0.4 is 21.7 Å². The van der Waals surface area contributed by atoms with Crippen molar-refractivity contribution in [2.75, 3.05) is 39.8 Å². The van der Waals surface area contributed by atoms with E-state index in [1.165, 1.54) is 0 Å². The summed E-state index contributed by atoms with van der Waals surface area (Å²) >= 11 is 0. The number of anilines is 1. The molecule has 10 N–H and O–H groups in total. The molecule has 4 rings (SSSR count). The van der Waals surface area contributed by atoms with Crippen molar-refractivity contribution in [1.82, 2.24) is 10.2 Å². The lowest BCUT2D eigenvalue weighted by Crippen LogP contribution is -2.63. The molecule has 0 saturated heterocycles. The predicted molar refractivity (Wildman–Crippen MR) is 137 cm³/mol. The van der Waals surface area contributed by atoms with Crippen LogP contribution in [0.5, 0.6) is 5.75 Å². The number of amides is 1. The van der Waals surface area contributed by atoms with E-state index in [1.807, 2.05) is 4.90 Å². The molecule has 200 valence electrons.